The maximum atomic E-state index is 12.5. The highest BCUT2D eigenvalue weighted by Gasteiger charge is 2.35. The summed E-state index contributed by atoms with van der Waals surface area (Å²) >= 11 is 12.6. The van der Waals surface area contributed by atoms with Crippen LogP contribution in [0.25, 0.3) is 6.08 Å². The molecule has 128 valence electrons. The molecular formula is C18H13Cl2NO3S. The smallest absolute Gasteiger partial charge is 0.293 e. The minimum Gasteiger partial charge on any atom is -0.506 e. The Morgan fingerprint density at radius 2 is 1.84 bits per heavy atom. The van der Waals surface area contributed by atoms with E-state index in [4.69, 9.17) is 23.2 Å². The lowest BCUT2D eigenvalue weighted by Gasteiger charge is -2.12. The van der Waals surface area contributed by atoms with Gasteiger partial charge in [0.1, 0.15) is 5.75 Å². The standard InChI is InChI=1S/C18H13Cl2NO3S/c1-10-2-4-11(5-3-10)9-21-17(23)15(25-18(21)24)7-12-6-13(19)8-14(20)16(12)22/h2-8,22H,9H2,1H3/b15-7-. The topological polar surface area (TPSA) is 57.6 Å². The quantitative estimate of drug-likeness (QED) is 0.723. The van der Waals surface area contributed by atoms with E-state index in [0.717, 1.165) is 22.9 Å². The third-order valence-corrected chi connectivity index (χ3v) is 5.09. The first-order valence-corrected chi connectivity index (χ1v) is 8.91. The predicted molar refractivity (Wildman–Crippen MR) is 101 cm³/mol. The van der Waals surface area contributed by atoms with Crippen molar-refractivity contribution in [3.05, 3.63) is 68.0 Å². The minimum absolute atomic E-state index is 0.0811. The molecule has 0 radical (unpaired) electrons. The lowest BCUT2D eigenvalue weighted by atomic mass is 10.1. The van der Waals surface area contributed by atoms with Crippen molar-refractivity contribution in [3.63, 3.8) is 0 Å². The van der Waals surface area contributed by atoms with Crippen molar-refractivity contribution in [2.24, 2.45) is 0 Å². The average molecular weight is 394 g/mol. The van der Waals surface area contributed by atoms with Crippen LogP contribution >= 0.6 is 35.0 Å². The monoisotopic (exact) mass is 393 g/mol. The number of rotatable bonds is 3. The molecule has 1 aliphatic rings. The number of imide groups is 1. The van der Waals surface area contributed by atoms with Gasteiger partial charge in [-0.2, -0.15) is 0 Å². The van der Waals surface area contributed by atoms with Crippen molar-refractivity contribution < 1.29 is 14.7 Å². The lowest BCUT2D eigenvalue weighted by Crippen LogP contribution is -2.27. The van der Waals surface area contributed by atoms with Gasteiger partial charge in [0.15, 0.2) is 0 Å². The van der Waals surface area contributed by atoms with Gasteiger partial charge in [-0.15, -0.1) is 0 Å². The maximum Gasteiger partial charge on any atom is 0.293 e. The van der Waals surface area contributed by atoms with Crippen LogP contribution < -0.4 is 0 Å². The molecule has 1 saturated heterocycles. The van der Waals surface area contributed by atoms with Crippen LogP contribution in [-0.2, 0) is 11.3 Å². The van der Waals surface area contributed by atoms with Crippen LogP contribution in [0.5, 0.6) is 5.75 Å². The first-order valence-electron chi connectivity index (χ1n) is 7.34. The minimum atomic E-state index is -0.411. The number of phenolic OH excluding ortho intramolecular Hbond substituents is 1. The first kappa shape index (κ1) is 17.9. The Kier molecular flexibility index (Phi) is 5.08. The highest BCUT2D eigenvalue weighted by molar-refractivity contribution is 8.18. The third-order valence-electron chi connectivity index (χ3n) is 3.68. The predicted octanol–water partition coefficient (Wildman–Crippen LogP) is 5.24. The Hall–Kier alpha value is -1.95. The highest BCUT2D eigenvalue weighted by Crippen LogP contribution is 2.37. The number of thioether (sulfide) groups is 1. The van der Waals surface area contributed by atoms with Gasteiger partial charge in [-0.1, -0.05) is 53.0 Å². The van der Waals surface area contributed by atoms with Gasteiger partial charge in [0.2, 0.25) is 0 Å². The van der Waals surface area contributed by atoms with Gasteiger partial charge in [-0.05, 0) is 42.5 Å². The Balaban J connectivity index is 1.87. The molecule has 0 aliphatic carbocycles. The molecule has 0 atom stereocenters. The number of amides is 2. The van der Waals surface area contributed by atoms with Crippen LogP contribution in [0.4, 0.5) is 4.79 Å². The fourth-order valence-electron chi connectivity index (χ4n) is 2.35. The number of nitrogens with zero attached hydrogens (tertiary/aromatic N) is 1. The number of aromatic hydroxyl groups is 1. The van der Waals surface area contributed by atoms with E-state index in [0.29, 0.717) is 10.6 Å². The van der Waals surface area contributed by atoms with Crippen LogP contribution in [0.1, 0.15) is 16.7 Å². The highest BCUT2D eigenvalue weighted by atomic mass is 35.5. The van der Waals surface area contributed by atoms with Gasteiger partial charge < -0.3 is 5.11 Å². The summed E-state index contributed by atoms with van der Waals surface area (Å²) in [6, 6.07) is 10.5. The zero-order chi connectivity index (χ0) is 18.1. The summed E-state index contributed by atoms with van der Waals surface area (Å²) in [5, 5.41) is 10.1. The first-order chi connectivity index (χ1) is 11.8. The summed E-state index contributed by atoms with van der Waals surface area (Å²) in [5.41, 5.74) is 2.26. The van der Waals surface area contributed by atoms with E-state index >= 15 is 0 Å². The number of phenols is 1. The fourth-order valence-corrected chi connectivity index (χ4v) is 3.69. The van der Waals surface area contributed by atoms with Gasteiger partial charge in [0, 0.05) is 10.6 Å². The molecule has 4 nitrogen and oxygen atoms in total. The van der Waals surface area contributed by atoms with Crippen LogP contribution in [0.3, 0.4) is 0 Å². The molecule has 25 heavy (non-hydrogen) atoms. The van der Waals surface area contributed by atoms with E-state index in [1.54, 1.807) is 0 Å². The van der Waals surface area contributed by atoms with Crippen molar-refractivity contribution in [3.8, 4) is 5.75 Å². The summed E-state index contributed by atoms with van der Waals surface area (Å²) in [6.07, 6.45) is 1.42. The van der Waals surface area contributed by atoms with Crippen molar-refractivity contribution >= 4 is 52.2 Å². The maximum absolute atomic E-state index is 12.5. The van der Waals surface area contributed by atoms with E-state index in [1.807, 2.05) is 31.2 Å². The van der Waals surface area contributed by atoms with Crippen LogP contribution in [0.15, 0.2) is 41.3 Å². The number of hydrogen-bond donors (Lipinski definition) is 1. The number of carbonyl (C=O) groups excluding carboxylic acids is 2. The Morgan fingerprint density at radius 1 is 1.16 bits per heavy atom. The van der Waals surface area contributed by atoms with E-state index in [1.165, 1.54) is 23.1 Å². The summed E-state index contributed by atoms with van der Waals surface area (Å²) < 4.78 is 0. The summed E-state index contributed by atoms with van der Waals surface area (Å²) in [5.74, 6) is -0.595. The van der Waals surface area contributed by atoms with Crippen molar-refractivity contribution in [2.45, 2.75) is 13.5 Å². The van der Waals surface area contributed by atoms with E-state index in [9.17, 15) is 14.7 Å². The number of aryl methyl sites for hydroxylation is 1. The van der Waals surface area contributed by atoms with Crippen molar-refractivity contribution in [1.29, 1.82) is 0 Å². The molecule has 0 aromatic heterocycles. The second kappa shape index (κ2) is 7.12. The molecule has 0 saturated carbocycles. The van der Waals surface area contributed by atoms with E-state index in [2.05, 4.69) is 0 Å². The number of halogens is 2. The van der Waals surface area contributed by atoms with E-state index < -0.39 is 5.91 Å². The molecule has 0 spiro atoms. The molecule has 2 aromatic rings. The van der Waals surface area contributed by atoms with Gasteiger partial charge >= 0.3 is 0 Å². The number of hydrogen-bond acceptors (Lipinski definition) is 4. The Bertz CT molecular complexity index is 894. The zero-order valence-electron chi connectivity index (χ0n) is 13.1. The molecule has 0 unspecified atom stereocenters. The summed E-state index contributed by atoms with van der Waals surface area (Å²) in [7, 11) is 0. The fraction of sp³-hybridized carbons (Fsp3) is 0.111. The Labute approximate surface area is 159 Å². The molecule has 1 N–H and O–H groups in total. The van der Waals surface area contributed by atoms with Gasteiger partial charge in [-0.3, -0.25) is 14.5 Å². The molecule has 2 aromatic carbocycles. The molecule has 3 rings (SSSR count). The normalized spacial score (nSPS) is 16.1. The van der Waals surface area contributed by atoms with Crippen molar-refractivity contribution in [2.75, 3.05) is 0 Å². The summed E-state index contributed by atoms with van der Waals surface area (Å²) in [6.45, 7) is 2.17. The summed E-state index contributed by atoms with van der Waals surface area (Å²) in [4.78, 5) is 26.1. The molecular weight excluding hydrogens is 381 g/mol. The second-order valence-corrected chi connectivity index (χ2v) is 7.42. The molecule has 1 aliphatic heterocycles. The second-order valence-electron chi connectivity index (χ2n) is 5.58. The number of carbonyl (C=O) groups is 2. The average Bonchev–Trinajstić information content (AvgIpc) is 2.81. The SMILES string of the molecule is Cc1ccc(CN2C(=O)S/C(=C\c3cc(Cl)cc(Cl)c3O)C2=O)cc1. The lowest BCUT2D eigenvalue weighted by molar-refractivity contribution is -0.123. The molecule has 7 heteroatoms. The zero-order valence-corrected chi connectivity index (χ0v) is 15.5. The van der Waals surface area contributed by atoms with E-state index in [-0.39, 0.29) is 27.5 Å². The van der Waals surface area contributed by atoms with Gasteiger partial charge in [-0.25, -0.2) is 0 Å². The van der Waals surface area contributed by atoms with Gasteiger partial charge in [0.25, 0.3) is 11.1 Å². The molecule has 1 fully saturated rings. The largest absolute Gasteiger partial charge is 0.506 e. The van der Waals surface area contributed by atoms with Crippen LogP contribution in [-0.4, -0.2) is 21.2 Å². The third kappa shape index (κ3) is 3.84. The van der Waals surface area contributed by atoms with Crippen LogP contribution in [0.2, 0.25) is 10.0 Å². The Morgan fingerprint density at radius 3 is 2.52 bits per heavy atom. The molecule has 1 heterocycles. The van der Waals surface area contributed by atoms with Crippen molar-refractivity contribution in [1.82, 2.24) is 4.90 Å². The molecule has 2 amide bonds. The molecule has 0 bridgehead atoms. The number of benzene rings is 2. The van der Waals surface area contributed by atoms with Gasteiger partial charge in [0.05, 0.1) is 16.5 Å². The van der Waals surface area contributed by atoms with Crippen LogP contribution in [0, 0.1) is 6.92 Å².